The number of hydrogen-bond donors (Lipinski definition) is 2. The molecule has 0 bridgehead atoms. The van der Waals surface area contributed by atoms with E-state index in [1.807, 2.05) is 0 Å². The molecule has 1 fully saturated rings. The van der Waals surface area contributed by atoms with Gasteiger partial charge in [-0.15, -0.1) is 0 Å². The number of alkyl halides is 1. The van der Waals surface area contributed by atoms with Crippen LogP contribution in [-0.4, -0.2) is 18.8 Å². The smallest absolute Gasteiger partial charge is 0.283 e. The second-order valence-electron chi connectivity index (χ2n) is 5.21. The van der Waals surface area contributed by atoms with Gasteiger partial charge in [0.2, 0.25) is 0 Å². The number of ether oxygens (including phenoxy) is 1. The first kappa shape index (κ1) is 13.4. The summed E-state index contributed by atoms with van der Waals surface area (Å²) >= 11 is 5.81. The van der Waals surface area contributed by atoms with Crippen LogP contribution in [-0.2, 0) is 10.3 Å². The Kier molecular flexibility index (Phi) is 3.01. The fourth-order valence-electron chi connectivity index (χ4n) is 3.00. The number of fused-ring (bicyclic) bond motifs is 1. The molecule has 0 amide bonds. The molecule has 3 atom stereocenters. The standard InChI is InChI=1S/C13H14ClF2N3O/c14-9-4-6(17)3-8(11(9)16)13(5-15)7-1-2-10(7)20-12(18)19-13/h3-4,7,10H,1-2,5,17H2,(H2,18,19)/t7-,10+,13-/m0/s1. The van der Waals surface area contributed by atoms with Crippen molar-refractivity contribution in [2.75, 3.05) is 12.4 Å². The summed E-state index contributed by atoms with van der Waals surface area (Å²) in [7, 11) is 0. The van der Waals surface area contributed by atoms with Crippen molar-refractivity contribution in [3.05, 3.63) is 28.5 Å². The first-order chi connectivity index (χ1) is 9.48. The van der Waals surface area contributed by atoms with Gasteiger partial charge in [-0.1, -0.05) is 11.6 Å². The number of anilines is 1. The number of benzene rings is 1. The van der Waals surface area contributed by atoms with Gasteiger partial charge >= 0.3 is 0 Å². The summed E-state index contributed by atoms with van der Waals surface area (Å²) in [5.41, 5.74) is 10.2. The minimum Gasteiger partial charge on any atom is -0.462 e. The lowest BCUT2D eigenvalue weighted by Crippen LogP contribution is -2.55. The van der Waals surface area contributed by atoms with E-state index in [2.05, 4.69) is 4.99 Å². The monoisotopic (exact) mass is 301 g/mol. The van der Waals surface area contributed by atoms with Gasteiger partial charge in [0.25, 0.3) is 6.02 Å². The number of halogens is 3. The number of nitrogens with two attached hydrogens (primary N) is 2. The first-order valence-corrected chi connectivity index (χ1v) is 6.68. The van der Waals surface area contributed by atoms with Crippen LogP contribution in [0.2, 0.25) is 5.02 Å². The van der Waals surface area contributed by atoms with Crippen molar-refractivity contribution >= 4 is 23.3 Å². The molecule has 4 nitrogen and oxygen atoms in total. The molecule has 3 rings (SSSR count). The van der Waals surface area contributed by atoms with Crippen LogP contribution in [0, 0.1) is 11.7 Å². The van der Waals surface area contributed by atoms with Gasteiger partial charge in [0.05, 0.1) is 5.02 Å². The van der Waals surface area contributed by atoms with E-state index in [4.69, 9.17) is 27.8 Å². The predicted molar refractivity (Wildman–Crippen MR) is 72.7 cm³/mol. The normalized spacial score (nSPS) is 31.9. The summed E-state index contributed by atoms with van der Waals surface area (Å²) in [6, 6.07) is 2.54. The molecule has 0 aromatic heterocycles. The van der Waals surface area contributed by atoms with E-state index in [1.165, 1.54) is 12.1 Å². The van der Waals surface area contributed by atoms with E-state index < -0.39 is 18.0 Å². The molecule has 1 aliphatic heterocycles. The molecule has 20 heavy (non-hydrogen) atoms. The molecule has 0 saturated heterocycles. The summed E-state index contributed by atoms with van der Waals surface area (Å²) in [4.78, 5) is 4.07. The molecule has 1 aromatic rings. The molecule has 0 unspecified atom stereocenters. The Morgan fingerprint density at radius 3 is 2.75 bits per heavy atom. The van der Waals surface area contributed by atoms with Gasteiger partial charge in [-0.2, -0.15) is 0 Å². The van der Waals surface area contributed by atoms with E-state index in [0.29, 0.717) is 6.42 Å². The van der Waals surface area contributed by atoms with Crippen molar-refractivity contribution < 1.29 is 13.5 Å². The molecule has 1 heterocycles. The van der Waals surface area contributed by atoms with E-state index >= 15 is 0 Å². The van der Waals surface area contributed by atoms with Crippen LogP contribution in [0.5, 0.6) is 0 Å². The molecule has 1 aliphatic carbocycles. The number of aliphatic imine (C=N–C) groups is 1. The zero-order chi connectivity index (χ0) is 14.5. The lowest BCUT2D eigenvalue weighted by Gasteiger charge is -2.49. The highest BCUT2D eigenvalue weighted by Gasteiger charge is 2.55. The third-order valence-corrected chi connectivity index (χ3v) is 4.40. The lowest BCUT2D eigenvalue weighted by atomic mass is 9.65. The zero-order valence-electron chi connectivity index (χ0n) is 10.6. The van der Waals surface area contributed by atoms with Crippen molar-refractivity contribution in [1.82, 2.24) is 0 Å². The third kappa shape index (κ3) is 1.74. The Labute approximate surface area is 119 Å². The number of rotatable bonds is 2. The van der Waals surface area contributed by atoms with E-state index in [0.717, 1.165) is 6.42 Å². The number of nitrogens with zero attached hydrogens (tertiary/aromatic N) is 1. The van der Waals surface area contributed by atoms with Gasteiger partial charge in [0.15, 0.2) is 0 Å². The fourth-order valence-corrected chi connectivity index (χ4v) is 3.23. The molecule has 108 valence electrons. The van der Waals surface area contributed by atoms with Gasteiger partial charge in [-0.05, 0) is 25.0 Å². The van der Waals surface area contributed by atoms with Gasteiger partial charge in [-0.25, -0.2) is 13.8 Å². The number of hydrogen-bond acceptors (Lipinski definition) is 4. The highest BCUT2D eigenvalue weighted by atomic mass is 35.5. The number of amidine groups is 1. The highest BCUT2D eigenvalue weighted by molar-refractivity contribution is 6.31. The second kappa shape index (κ2) is 4.48. The SMILES string of the molecule is NC1=N[C@](CF)(c2cc(N)cc(Cl)c2F)[C@H]2CC[C@H]2O1. The molecule has 2 aliphatic rings. The molecule has 0 spiro atoms. The summed E-state index contributed by atoms with van der Waals surface area (Å²) in [6.07, 6.45) is 1.21. The largest absolute Gasteiger partial charge is 0.462 e. The zero-order valence-corrected chi connectivity index (χ0v) is 11.3. The maximum atomic E-state index is 14.3. The summed E-state index contributed by atoms with van der Waals surface area (Å²) in [5, 5.41) is -0.149. The highest BCUT2D eigenvalue weighted by Crippen LogP contribution is 2.50. The average molecular weight is 302 g/mol. The van der Waals surface area contributed by atoms with Crippen LogP contribution in [0.4, 0.5) is 14.5 Å². The van der Waals surface area contributed by atoms with Gasteiger partial charge in [0.1, 0.15) is 24.1 Å². The number of nitrogen functional groups attached to an aromatic ring is 1. The van der Waals surface area contributed by atoms with Crippen LogP contribution >= 0.6 is 11.6 Å². The van der Waals surface area contributed by atoms with Crippen molar-refractivity contribution in [1.29, 1.82) is 0 Å². The van der Waals surface area contributed by atoms with Crippen molar-refractivity contribution in [2.45, 2.75) is 24.5 Å². The molecule has 4 N–H and O–H groups in total. The maximum Gasteiger partial charge on any atom is 0.283 e. The maximum absolute atomic E-state index is 14.3. The summed E-state index contributed by atoms with van der Waals surface area (Å²) in [5.74, 6) is -0.963. The molecular weight excluding hydrogens is 288 g/mol. The summed E-state index contributed by atoms with van der Waals surface area (Å²) in [6.45, 7) is -0.880. The van der Waals surface area contributed by atoms with Crippen LogP contribution in [0.25, 0.3) is 0 Å². The summed E-state index contributed by atoms with van der Waals surface area (Å²) < 4.78 is 33.5. The predicted octanol–water partition coefficient (Wildman–Crippen LogP) is 2.35. The Balaban J connectivity index is 2.21. The third-order valence-electron chi connectivity index (χ3n) is 4.13. The van der Waals surface area contributed by atoms with Crippen LogP contribution in [0.1, 0.15) is 18.4 Å². The molecule has 7 heteroatoms. The Morgan fingerprint density at radius 2 is 2.15 bits per heavy atom. The molecule has 1 aromatic carbocycles. The molecular formula is C13H14ClF2N3O. The van der Waals surface area contributed by atoms with Gasteiger partial charge < -0.3 is 16.2 Å². The van der Waals surface area contributed by atoms with Crippen LogP contribution in [0.15, 0.2) is 17.1 Å². The Hall–Kier alpha value is -1.56. The quantitative estimate of drug-likeness (QED) is 0.824. The average Bonchev–Trinajstić information content (AvgIpc) is 2.37. The first-order valence-electron chi connectivity index (χ1n) is 6.31. The van der Waals surface area contributed by atoms with Crippen molar-refractivity contribution in [3.63, 3.8) is 0 Å². The lowest BCUT2D eigenvalue weighted by molar-refractivity contribution is -0.0433. The second-order valence-corrected chi connectivity index (χ2v) is 5.62. The minimum absolute atomic E-state index is 0.0472. The van der Waals surface area contributed by atoms with Crippen molar-refractivity contribution in [3.8, 4) is 0 Å². The van der Waals surface area contributed by atoms with E-state index in [9.17, 15) is 8.78 Å². The van der Waals surface area contributed by atoms with E-state index in [-0.39, 0.29) is 34.3 Å². The topological polar surface area (TPSA) is 73.6 Å². The van der Waals surface area contributed by atoms with Gasteiger partial charge in [-0.3, -0.25) is 0 Å². The Morgan fingerprint density at radius 1 is 1.40 bits per heavy atom. The van der Waals surface area contributed by atoms with Crippen LogP contribution < -0.4 is 11.5 Å². The van der Waals surface area contributed by atoms with Crippen LogP contribution in [0.3, 0.4) is 0 Å². The minimum atomic E-state index is -1.39. The fraction of sp³-hybridized carbons (Fsp3) is 0.462. The Bertz CT molecular complexity index is 595. The van der Waals surface area contributed by atoms with Crippen molar-refractivity contribution in [2.24, 2.45) is 16.6 Å². The molecule has 0 radical (unpaired) electrons. The van der Waals surface area contributed by atoms with E-state index in [1.54, 1.807) is 0 Å². The molecule has 1 saturated carbocycles. The van der Waals surface area contributed by atoms with Gasteiger partial charge in [0, 0.05) is 17.2 Å².